The largest absolute Gasteiger partial charge is 0.497 e. The smallest absolute Gasteiger partial charge is 0.347 e. The molecule has 2 aromatic carbocycles. The average molecular weight is 413 g/mol. The molecule has 0 atom stereocenters. The summed E-state index contributed by atoms with van der Waals surface area (Å²) in [5.74, 6) is -0.0882. The highest BCUT2D eigenvalue weighted by molar-refractivity contribution is 5.94. The molecule has 0 aliphatic carbocycles. The molecule has 30 heavy (non-hydrogen) atoms. The second-order valence-electron chi connectivity index (χ2n) is 8.00. The summed E-state index contributed by atoms with van der Waals surface area (Å²) in [7, 11) is 1.57. The van der Waals surface area contributed by atoms with E-state index in [1.165, 1.54) is 13.8 Å². The average Bonchev–Trinajstić information content (AvgIpc) is 2.73. The molecule has 0 spiro atoms. The molecule has 1 saturated heterocycles. The number of likely N-dealkylation sites (tertiary alicyclic amines) is 1. The Kier molecular flexibility index (Phi) is 6.03. The maximum Gasteiger partial charge on any atom is 0.347 e. The van der Waals surface area contributed by atoms with Crippen LogP contribution in [0.4, 0.5) is 0 Å². The van der Waals surface area contributed by atoms with Gasteiger partial charge in [0.15, 0.2) is 5.60 Å². The van der Waals surface area contributed by atoms with E-state index in [1.807, 2.05) is 0 Å². The fourth-order valence-corrected chi connectivity index (χ4v) is 3.47. The van der Waals surface area contributed by atoms with Crippen LogP contribution in [0.25, 0.3) is 0 Å². The molecule has 0 aromatic heterocycles. The highest BCUT2D eigenvalue weighted by atomic mass is 16.5. The number of amides is 1. The monoisotopic (exact) mass is 413 g/mol. The minimum atomic E-state index is -1.38. The molecular formula is C23H27NO6. The van der Waals surface area contributed by atoms with Crippen molar-refractivity contribution in [2.24, 2.45) is 0 Å². The number of ether oxygens (including phenoxy) is 2. The molecule has 7 heteroatoms. The predicted octanol–water partition coefficient (Wildman–Crippen LogP) is 3.06. The third-order valence-corrected chi connectivity index (χ3v) is 5.47. The summed E-state index contributed by atoms with van der Waals surface area (Å²) in [5, 5.41) is 20.4. The van der Waals surface area contributed by atoms with E-state index < -0.39 is 17.2 Å². The molecule has 3 rings (SSSR count). The van der Waals surface area contributed by atoms with Gasteiger partial charge in [-0.1, -0.05) is 12.1 Å². The number of aliphatic hydroxyl groups is 1. The number of benzene rings is 2. The van der Waals surface area contributed by atoms with E-state index in [2.05, 4.69) is 0 Å². The zero-order chi connectivity index (χ0) is 21.9. The van der Waals surface area contributed by atoms with Gasteiger partial charge in [0.25, 0.3) is 5.91 Å². The van der Waals surface area contributed by atoms with Crippen molar-refractivity contribution in [2.75, 3.05) is 20.2 Å². The molecule has 0 saturated carbocycles. The van der Waals surface area contributed by atoms with Crippen LogP contribution >= 0.6 is 0 Å². The Bertz CT molecular complexity index is 914. The van der Waals surface area contributed by atoms with E-state index in [0.717, 1.165) is 0 Å². The number of hydrogen-bond donors (Lipinski definition) is 2. The third kappa shape index (κ3) is 4.57. The highest BCUT2D eigenvalue weighted by Crippen LogP contribution is 2.35. The Morgan fingerprint density at radius 2 is 1.67 bits per heavy atom. The molecule has 160 valence electrons. The molecule has 1 amide bonds. The van der Waals surface area contributed by atoms with Crippen molar-refractivity contribution in [3.05, 3.63) is 59.7 Å². The van der Waals surface area contributed by atoms with Gasteiger partial charge >= 0.3 is 5.97 Å². The standard InChI is InChI=1S/C23H27NO6/c1-22(2,21(26)27)30-19-6-4-5-17(15-19)23(28)11-13-24(14-12-23)20(25)16-7-9-18(29-3)10-8-16/h4-10,15,28H,11-14H2,1-3H3,(H,26,27). The Labute approximate surface area is 175 Å². The first kappa shape index (κ1) is 21.6. The van der Waals surface area contributed by atoms with Crippen LogP contribution in [0.5, 0.6) is 11.5 Å². The van der Waals surface area contributed by atoms with Crippen molar-refractivity contribution in [2.45, 2.75) is 37.9 Å². The van der Waals surface area contributed by atoms with Crippen molar-refractivity contribution in [1.82, 2.24) is 4.90 Å². The van der Waals surface area contributed by atoms with E-state index in [4.69, 9.17) is 9.47 Å². The molecule has 1 heterocycles. The number of piperidine rings is 1. The van der Waals surface area contributed by atoms with Gasteiger partial charge in [0, 0.05) is 18.7 Å². The molecular weight excluding hydrogens is 386 g/mol. The van der Waals surface area contributed by atoms with Gasteiger partial charge < -0.3 is 24.6 Å². The van der Waals surface area contributed by atoms with Gasteiger partial charge in [-0.3, -0.25) is 4.79 Å². The van der Waals surface area contributed by atoms with Crippen molar-refractivity contribution < 1.29 is 29.3 Å². The Balaban J connectivity index is 1.69. The van der Waals surface area contributed by atoms with Crippen LogP contribution in [0.3, 0.4) is 0 Å². The van der Waals surface area contributed by atoms with Gasteiger partial charge in [-0.15, -0.1) is 0 Å². The van der Waals surface area contributed by atoms with E-state index in [1.54, 1.807) is 60.5 Å². The SMILES string of the molecule is COc1ccc(C(=O)N2CCC(O)(c3cccc(OC(C)(C)C(=O)O)c3)CC2)cc1. The molecule has 1 fully saturated rings. The first-order chi connectivity index (χ1) is 14.1. The van der Waals surface area contributed by atoms with Gasteiger partial charge in [-0.25, -0.2) is 4.79 Å². The number of nitrogens with zero attached hydrogens (tertiary/aromatic N) is 1. The number of carbonyl (C=O) groups is 2. The lowest BCUT2D eigenvalue weighted by molar-refractivity contribution is -0.152. The van der Waals surface area contributed by atoms with Crippen LogP contribution in [0.1, 0.15) is 42.6 Å². The molecule has 1 aliphatic rings. The fourth-order valence-electron chi connectivity index (χ4n) is 3.47. The lowest BCUT2D eigenvalue weighted by Crippen LogP contribution is -2.45. The topological polar surface area (TPSA) is 96.3 Å². The van der Waals surface area contributed by atoms with Crippen molar-refractivity contribution in [3.63, 3.8) is 0 Å². The summed E-state index contributed by atoms with van der Waals surface area (Å²) >= 11 is 0. The zero-order valence-corrected chi connectivity index (χ0v) is 17.4. The number of aliphatic carboxylic acids is 1. The summed E-state index contributed by atoms with van der Waals surface area (Å²) in [5.41, 5.74) is -1.26. The molecule has 2 aromatic rings. The second-order valence-corrected chi connectivity index (χ2v) is 8.00. The molecule has 0 unspecified atom stereocenters. The van der Waals surface area contributed by atoms with Crippen molar-refractivity contribution in [3.8, 4) is 11.5 Å². The van der Waals surface area contributed by atoms with Gasteiger partial charge in [-0.2, -0.15) is 0 Å². The molecule has 0 radical (unpaired) electrons. The maximum absolute atomic E-state index is 12.7. The molecule has 0 bridgehead atoms. The van der Waals surface area contributed by atoms with Crippen LogP contribution in [0, 0.1) is 0 Å². The van der Waals surface area contributed by atoms with Crippen molar-refractivity contribution >= 4 is 11.9 Å². The summed E-state index contributed by atoms with van der Waals surface area (Å²) in [4.78, 5) is 25.8. The highest BCUT2D eigenvalue weighted by Gasteiger charge is 2.36. The van der Waals surface area contributed by atoms with Crippen LogP contribution in [0.15, 0.2) is 48.5 Å². The van der Waals surface area contributed by atoms with E-state index in [9.17, 15) is 19.8 Å². The van der Waals surface area contributed by atoms with Gasteiger partial charge in [0.2, 0.25) is 0 Å². The number of carboxylic acid groups (broad SMARTS) is 1. The molecule has 2 N–H and O–H groups in total. The number of carbonyl (C=O) groups excluding carboxylic acids is 1. The summed E-state index contributed by atoms with van der Waals surface area (Å²) in [6.45, 7) is 3.76. The number of rotatable bonds is 6. The minimum Gasteiger partial charge on any atom is -0.497 e. The second kappa shape index (κ2) is 8.36. The minimum absolute atomic E-state index is 0.0833. The summed E-state index contributed by atoms with van der Waals surface area (Å²) in [6, 6.07) is 13.8. The normalized spacial score (nSPS) is 16.1. The van der Waals surface area contributed by atoms with E-state index >= 15 is 0 Å². The van der Waals surface area contributed by atoms with Crippen LogP contribution in [0.2, 0.25) is 0 Å². The Morgan fingerprint density at radius 3 is 2.23 bits per heavy atom. The molecule has 1 aliphatic heterocycles. The lowest BCUT2D eigenvalue weighted by Gasteiger charge is -2.38. The maximum atomic E-state index is 12.7. The van der Waals surface area contributed by atoms with E-state index in [-0.39, 0.29) is 5.91 Å². The van der Waals surface area contributed by atoms with Crippen LogP contribution < -0.4 is 9.47 Å². The van der Waals surface area contributed by atoms with Gasteiger partial charge in [0.1, 0.15) is 11.5 Å². The van der Waals surface area contributed by atoms with Crippen LogP contribution in [-0.2, 0) is 10.4 Å². The Hall–Kier alpha value is -3.06. The summed E-state index contributed by atoms with van der Waals surface area (Å²) < 4.78 is 10.7. The summed E-state index contributed by atoms with van der Waals surface area (Å²) in [6.07, 6.45) is 0.751. The predicted molar refractivity (Wildman–Crippen MR) is 111 cm³/mol. The Morgan fingerprint density at radius 1 is 1.03 bits per heavy atom. The van der Waals surface area contributed by atoms with E-state index in [0.29, 0.717) is 48.6 Å². The number of carboxylic acids is 1. The first-order valence-corrected chi connectivity index (χ1v) is 9.83. The first-order valence-electron chi connectivity index (χ1n) is 9.83. The quantitative estimate of drug-likeness (QED) is 0.756. The third-order valence-electron chi connectivity index (χ3n) is 5.47. The van der Waals surface area contributed by atoms with Gasteiger partial charge in [0.05, 0.1) is 12.7 Å². The van der Waals surface area contributed by atoms with Gasteiger partial charge in [-0.05, 0) is 68.7 Å². The lowest BCUT2D eigenvalue weighted by atomic mass is 9.84. The fraction of sp³-hybridized carbons (Fsp3) is 0.391. The number of methoxy groups -OCH3 is 1. The number of hydrogen-bond acceptors (Lipinski definition) is 5. The zero-order valence-electron chi connectivity index (χ0n) is 17.4. The van der Waals surface area contributed by atoms with Crippen molar-refractivity contribution in [1.29, 1.82) is 0 Å². The van der Waals surface area contributed by atoms with Crippen LogP contribution in [-0.4, -0.2) is 52.8 Å². The molecule has 7 nitrogen and oxygen atoms in total.